The zero-order chi connectivity index (χ0) is 18.2. The number of carbonyl (C=O) groups is 2. The van der Waals surface area contributed by atoms with E-state index < -0.39 is 17.9 Å². The third kappa shape index (κ3) is 3.72. The van der Waals surface area contributed by atoms with Crippen molar-refractivity contribution in [2.24, 2.45) is 0 Å². The number of halogens is 4. The second-order valence-corrected chi connectivity index (χ2v) is 7.24. The molecule has 1 amide bonds. The van der Waals surface area contributed by atoms with Gasteiger partial charge in [0.2, 0.25) is 0 Å². The van der Waals surface area contributed by atoms with Crippen molar-refractivity contribution < 1.29 is 22.8 Å². The largest absolute Gasteiger partial charge is 0.471 e. The van der Waals surface area contributed by atoms with Gasteiger partial charge >= 0.3 is 12.1 Å². The summed E-state index contributed by atoms with van der Waals surface area (Å²) in [5, 5.41) is 2.30. The Hall–Kier alpha value is -1.86. The van der Waals surface area contributed by atoms with Crippen LogP contribution in [0.2, 0.25) is 5.02 Å². The Morgan fingerprint density at radius 2 is 1.72 bits per heavy atom. The molecule has 0 atom stereocenters. The van der Waals surface area contributed by atoms with Gasteiger partial charge in [-0.1, -0.05) is 11.6 Å². The fourth-order valence-corrected chi connectivity index (χ4v) is 4.22. The Morgan fingerprint density at radius 1 is 1.08 bits per heavy atom. The molecule has 0 bridgehead atoms. The van der Waals surface area contributed by atoms with Crippen molar-refractivity contribution in [3.05, 3.63) is 50.9 Å². The Bertz CT molecular complexity index is 828. The number of alkyl halides is 3. The quantitative estimate of drug-likeness (QED) is 0.752. The number of nitrogens with one attached hydrogen (secondary N) is 1. The molecule has 1 aromatic carbocycles. The first-order valence-corrected chi connectivity index (χ1v) is 8.80. The Morgan fingerprint density at radius 3 is 2.36 bits per heavy atom. The van der Waals surface area contributed by atoms with Gasteiger partial charge in [-0.15, -0.1) is 11.3 Å². The molecule has 1 N–H and O–H groups in total. The fraction of sp³-hybridized carbons (Fsp3) is 0.294. The third-order valence-corrected chi connectivity index (χ3v) is 5.45. The number of anilines is 1. The molecule has 132 valence electrons. The molecule has 2 aromatic rings. The van der Waals surface area contributed by atoms with Crippen molar-refractivity contribution >= 4 is 39.6 Å². The van der Waals surface area contributed by atoms with Gasteiger partial charge in [0.25, 0.3) is 0 Å². The molecule has 0 spiro atoms. The molecular formula is C17H13ClF3NO2S. The maximum Gasteiger partial charge on any atom is 0.471 e. The van der Waals surface area contributed by atoms with E-state index in [1.165, 1.54) is 12.1 Å². The van der Waals surface area contributed by atoms with E-state index in [1.807, 2.05) is 5.32 Å². The van der Waals surface area contributed by atoms with Crippen molar-refractivity contribution in [2.75, 3.05) is 5.32 Å². The highest BCUT2D eigenvalue weighted by Crippen LogP contribution is 2.40. The molecule has 3 nitrogen and oxygen atoms in total. The van der Waals surface area contributed by atoms with Crippen LogP contribution in [0.5, 0.6) is 0 Å². The topological polar surface area (TPSA) is 46.2 Å². The lowest BCUT2D eigenvalue weighted by Gasteiger charge is -2.13. The Labute approximate surface area is 150 Å². The zero-order valence-corrected chi connectivity index (χ0v) is 14.4. The summed E-state index contributed by atoms with van der Waals surface area (Å²) < 4.78 is 37.8. The van der Waals surface area contributed by atoms with Gasteiger partial charge in [-0.3, -0.25) is 9.59 Å². The van der Waals surface area contributed by atoms with Crippen LogP contribution in [0.1, 0.15) is 39.2 Å². The molecule has 1 aliphatic carbocycles. The molecule has 0 aliphatic heterocycles. The maximum absolute atomic E-state index is 12.9. The van der Waals surface area contributed by atoms with Crippen LogP contribution < -0.4 is 5.32 Å². The zero-order valence-electron chi connectivity index (χ0n) is 12.9. The van der Waals surface area contributed by atoms with Crippen molar-refractivity contribution in [1.29, 1.82) is 0 Å². The summed E-state index contributed by atoms with van der Waals surface area (Å²) in [6.45, 7) is 0. The number of carbonyl (C=O) groups excluding carboxylic acids is 2. The van der Waals surface area contributed by atoms with E-state index >= 15 is 0 Å². The first-order chi connectivity index (χ1) is 11.8. The van der Waals surface area contributed by atoms with E-state index in [0.717, 1.165) is 34.6 Å². The maximum atomic E-state index is 12.9. The number of fused-ring (bicyclic) bond motifs is 1. The number of ketones is 1. The monoisotopic (exact) mass is 387 g/mol. The highest BCUT2D eigenvalue weighted by molar-refractivity contribution is 7.17. The molecule has 3 rings (SSSR count). The minimum Gasteiger partial charge on any atom is -0.309 e. The highest BCUT2D eigenvalue weighted by atomic mass is 35.5. The van der Waals surface area contributed by atoms with E-state index in [1.54, 1.807) is 12.1 Å². The van der Waals surface area contributed by atoms with Crippen molar-refractivity contribution in [2.45, 2.75) is 31.9 Å². The summed E-state index contributed by atoms with van der Waals surface area (Å²) in [6, 6.07) is 6.13. The number of rotatable bonds is 3. The first-order valence-electron chi connectivity index (χ1n) is 7.60. The van der Waals surface area contributed by atoms with Gasteiger partial charge in [0.15, 0.2) is 5.78 Å². The third-order valence-electron chi connectivity index (χ3n) is 3.99. The minimum atomic E-state index is -5.01. The SMILES string of the molecule is O=C(c1ccc(Cl)cc1)c1c(NC(=O)C(F)(F)F)sc2c1CCCC2. The molecule has 8 heteroatoms. The van der Waals surface area contributed by atoms with Crippen LogP contribution in [0, 0.1) is 0 Å². The molecule has 0 radical (unpaired) electrons. The number of benzene rings is 1. The van der Waals surface area contributed by atoms with Crippen molar-refractivity contribution in [3.8, 4) is 0 Å². The van der Waals surface area contributed by atoms with Crippen molar-refractivity contribution in [1.82, 2.24) is 0 Å². The van der Waals surface area contributed by atoms with Gasteiger partial charge in [-0.2, -0.15) is 13.2 Å². The summed E-state index contributed by atoms with van der Waals surface area (Å²) in [5.41, 5.74) is 1.23. The van der Waals surface area contributed by atoms with Crippen LogP contribution in [0.3, 0.4) is 0 Å². The lowest BCUT2D eigenvalue weighted by atomic mass is 9.92. The van der Waals surface area contributed by atoms with Crippen LogP contribution in [-0.4, -0.2) is 17.9 Å². The Kier molecular flexibility index (Phi) is 4.88. The van der Waals surface area contributed by atoms with Gasteiger partial charge in [0.1, 0.15) is 5.00 Å². The van der Waals surface area contributed by atoms with E-state index in [0.29, 0.717) is 23.4 Å². The standard InChI is InChI=1S/C17H13ClF3NO2S/c18-10-7-5-9(6-8-10)14(23)13-11-3-1-2-4-12(11)25-15(13)22-16(24)17(19,20)21/h5-8H,1-4H2,(H,22,24). The lowest BCUT2D eigenvalue weighted by molar-refractivity contribution is -0.167. The summed E-state index contributed by atoms with van der Waals surface area (Å²) in [7, 11) is 0. The molecule has 0 saturated heterocycles. The highest BCUT2D eigenvalue weighted by Gasteiger charge is 2.40. The van der Waals surface area contributed by atoms with Gasteiger partial charge in [-0.25, -0.2) is 0 Å². The second kappa shape index (κ2) is 6.80. The fourth-order valence-electron chi connectivity index (χ4n) is 2.81. The molecule has 1 aromatic heterocycles. The number of aryl methyl sites for hydroxylation is 1. The molecule has 0 unspecified atom stereocenters. The number of thiophene rings is 1. The average molecular weight is 388 g/mol. The van der Waals surface area contributed by atoms with Crippen LogP contribution in [-0.2, 0) is 17.6 Å². The normalized spacial score (nSPS) is 14.1. The van der Waals surface area contributed by atoms with E-state index in [4.69, 9.17) is 11.6 Å². The van der Waals surface area contributed by atoms with Gasteiger partial charge in [0.05, 0.1) is 5.56 Å². The van der Waals surface area contributed by atoms with Gasteiger partial charge in [-0.05, 0) is 55.5 Å². The second-order valence-electron chi connectivity index (χ2n) is 5.70. The summed E-state index contributed by atoms with van der Waals surface area (Å²) in [5.74, 6) is -2.48. The molecule has 0 fully saturated rings. The number of amides is 1. The number of hydrogen-bond acceptors (Lipinski definition) is 3. The van der Waals surface area contributed by atoms with Crippen molar-refractivity contribution in [3.63, 3.8) is 0 Å². The van der Waals surface area contributed by atoms with Gasteiger partial charge in [0, 0.05) is 15.5 Å². The van der Waals surface area contributed by atoms with E-state index in [2.05, 4.69) is 0 Å². The predicted molar refractivity (Wildman–Crippen MR) is 90.5 cm³/mol. The van der Waals surface area contributed by atoms with Crippen LogP contribution in [0.25, 0.3) is 0 Å². The summed E-state index contributed by atoms with van der Waals surface area (Å²) in [6.07, 6.45) is -1.93. The molecular weight excluding hydrogens is 375 g/mol. The predicted octanol–water partition coefficient (Wildman–Crippen LogP) is 5.01. The number of hydrogen-bond donors (Lipinski definition) is 1. The van der Waals surface area contributed by atoms with Crippen LogP contribution in [0.15, 0.2) is 24.3 Å². The molecule has 1 aliphatic rings. The molecule has 0 saturated carbocycles. The smallest absolute Gasteiger partial charge is 0.309 e. The minimum absolute atomic E-state index is 0.0332. The Balaban J connectivity index is 2.04. The van der Waals surface area contributed by atoms with Crippen LogP contribution >= 0.6 is 22.9 Å². The van der Waals surface area contributed by atoms with Gasteiger partial charge < -0.3 is 5.32 Å². The summed E-state index contributed by atoms with van der Waals surface area (Å²) >= 11 is 6.87. The summed E-state index contributed by atoms with van der Waals surface area (Å²) in [4.78, 5) is 25.1. The van der Waals surface area contributed by atoms with E-state index in [-0.39, 0.29) is 10.6 Å². The average Bonchev–Trinajstić information content (AvgIpc) is 2.91. The molecule has 1 heterocycles. The van der Waals surface area contributed by atoms with Crippen LogP contribution in [0.4, 0.5) is 18.2 Å². The first kappa shape index (κ1) is 17.9. The lowest BCUT2D eigenvalue weighted by Crippen LogP contribution is -2.30. The van der Waals surface area contributed by atoms with E-state index in [9.17, 15) is 22.8 Å². The molecule has 25 heavy (non-hydrogen) atoms.